The van der Waals surface area contributed by atoms with Gasteiger partial charge in [0.15, 0.2) is 11.5 Å². The van der Waals surface area contributed by atoms with Crippen molar-refractivity contribution in [2.75, 3.05) is 6.54 Å². The van der Waals surface area contributed by atoms with Crippen molar-refractivity contribution in [3.63, 3.8) is 0 Å². The molecule has 0 heterocycles. The van der Waals surface area contributed by atoms with Crippen LogP contribution in [0.1, 0.15) is 45.4 Å². The van der Waals surface area contributed by atoms with Crippen molar-refractivity contribution >= 4 is 21.1 Å². The SMILES string of the molecule is O=C(CC(O)(P(=O)(OCc1ccccc1)OCc1ccccc1)P(=O)(OCc1ccccc1)OCc1ccccc1)NCCc1ccc(OCc2ccccc2)c(OCc2ccccc2)c1. The van der Waals surface area contributed by atoms with Crippen LogP contribution in [0.3, 0.4) is 0 Å². The molecule has 0 spiro atoms. The molecule has 0 unspecified atom stereocenters. The zero-order chi connectivity index (χ0) is 45.9. The number of carbonyl (C=O) groups excluding carboxylic acids is 1. The molecule has 66 heavy (non-hydrogen) atoms. The number of ether oxygens (including phenoxy) is 2. The highest BCUT2D eigenvalue weighted by Gasteiger charge is 2.66. The second-order valence-corrected chi connectivity index (χ2v) is 20.3. The zero-order valence-corrected chi connectivity index (χ0v) is 38.2. The minimum atomic E-state index is -5.10. The predicted octanol–water partition coefficient (Wildman–Crippen LogP) is 11.8. The number of carbonyl (C=O) groups is 1. The van der Waals surface area contributed by atoms with Gasteiger partial charge in [0.1, 0.15) is 13.2 Å². The highest BCUT2D eigenvalue weighted by molar-refractivity contribution is 7.73. The summed E-state index contributed by atoms with van der Waals surface area (Å²) in [6.45, 7) is -0.595. The van der Waals surface area contributed by atoms with E-state index < -0.39 is 32.6 Å². The fourth-order valence-electron chi connectivity index (χ4n) is 6.80. The van der Waals surface area contributed by atoms with E-state index in [-0.39, 0.29) is 33.0 Å². The molecule has 7 aromatic carbocycles. The van der Waals surface area contributed by atoms with Crippen LogP contribution in [0.25, 0.3) is 0 Å². The van der Waals surface area contributed by atoms with Crippen molar-refractivity contribution in [2.24, 2.45) is 0 Å². The average Bonchev–Trinajstić information content (AvgIpc) is 3.37. The summed E-state index contributed by atoms with van der Waals surface area (Å²) < 4.78 is 68.1. The van der Waals surface area contributed by atoms with E-state index in [1.807, 2.05) is 103 Å². The molecule has 2 N–H and O–H groups in total. The van der Waals surface area contributed by atoms with Crippen molar-refractivity contribution in [3.05, 3.63) is 239 Å². The van der Waals surface area contributed by atoms with E-state index in [0.717, 1.165) is 16.7 Å². The normalized spacial score (nSPS) is 11.8. The first-order valence-electron chi connectivity index (χ1n) is 21.6. The van der Waals surface area contributed by atoms with Crippen molar-refractivity contribution in [3.8, 4) is 11.5 Å². The van der Waals surface area contributed by atoms with Gasteiger partial charge in [-0.25, -0.2) is 0 Å². The Morgan fingerprint density at radius 3 is 1.09 bits per heavy atom. The third-order valence-electron chi connectivity index (χ3n) is 10.5. The first-order chi connectivity index (χ1) is 32.2. The maximum atomic E-state index is 15.6. The fraction of sp³-hybridized carbons (Fsp3) is 0.189. The molecular formula is C53H53NO10P2. The number of nitrogens with one attached hydrogen (secondary N) is 1. The van der Waals surface area contributed by atoms with Gasteiger partial charge in [-0.05, 0) is 57.5 Å². The molecule has 0 saturated carbocycles. The zero-order valence-electron chi connectivity index (χ0n) is 36.4. The standard InChI is InChI=1S/C53H53NO10P2/c55-52(54-34-33-43-31-32-50(59-37-44-19-7-1-8-20-44)51(35-43)60-38-45-21-9-2-10-22-45)36-53(56,65(57,61-39-46-23-11-3-12-24-46)62-40-47-25-13-4-14-26-47)66(58,63-41-48-27-15-5-16-28-48)64-42-49-29-17-6-18-30-49/h1-32,35,56H,33-34,36-42H2,(H,54,55). The number of hydrogen-bond acceptors (Lipinski definition) is 10. The minimum Gasteiger partial charge on any atom is -0.485 e. The second kappa shape index (κ2) is 23.9. The number of aliphatic hydroxyl groups is 1. The molecule has 0 aliphatic carbocycles. The average molecular weight is 926 g/mol. The third kappa shape index (κ3) is 13.5. The predicted molar refractivity (Wildman–Crippen MR) is 254 cm³/mol. The lowest BCUT2D eigenvalue weighted by atomic mass is 10.1. The first kappa shape index (κ1) is 47.8. The van der Waals surface area contributed by atoms with Crippen LogP contribution >= 0.6 is 15.2 Å². The fourth-order valence-corrected chi connectivity index (χ4v) is 11.6. The van der Waals surface area contributed by atoms with Crippen LogP contribution in [0, 0.1) is 0 Å². The Morgan fingerprint density at radius 2 is 0.742 bits per heavy atom. The molecule has 340 valence electrons. The monoisotopic (exact) mass is 925 g/mol. The summed E-state index contributed by atoms with van der Waals surface area (Å²) in [5, 5.41) is 12.8. The number of hydrogen-bond donors (Lipinski definition) is 2. The largest absolute Gasteiger partial charge is 0.485 e. The molecule has 0 aliphatic rings. The number of benzene rings is 7. The van der Waals surface area contributed by atoms with Gasteiger partial charge in [-0.1, -0.05) is 188 Å². The molecule has 13 heteroatoms. The summed E-state index contributed by atoms with van der Waals surface area (Å²) in [6.07, 6.45) is -0.712. The summed E-state index contributed by atoms with van der Waals surface area (Å²) in [5.41, 5.74) is 5.13. The topological polar surface area (TPSA) is 139 Å². The molecule has 7 rings (SSSR count). The smallest absolute Gasteiger partial charge is 0.375 e. The molecular weight excluding hydrogens is 873 g/mol. The highest BCUT2D eigenvalue weighted by Crippen LogP contribution is 2.78. The van der Waals surface area contributed by atoms with E-state index in [1.54, 1.807) is 97.1 Å². The Morgan fingerprint density at radius 1 is 0.424 bits per heavy atom. The van der Waals surface area contributed by atoms with Gasteiger partial charge in [-0.2, -0.15) is 0 Å². The molecule has 0 saturated heterocycles. The lowest BCUT2D eigenvalue weighted by molar-refractivity contribution is -0.123. The maximum absolute atomic E-state index is 15.6. The van der Waals surface area contributed by atoms with Gasteiger partial charge in [0.25, 0.3) is 5.08 Å². The molecule has 0 atom stereocenters. The molecule has 0 aliphatic heterocycles. The Bertz CT molecular complexity index is 2440. The molecule has 1 amide bonds. The highest BCUT2D eigenvalue weighted by atomic mass is 31.2. The number of rotatable bonds is 25. The van der Waals surface area contributed by atoms with Crippen LogP contribution in [0.15, 0.2) is 200 Å². The van der Waals surface area contributed by atoms with Crippen molar-refractivity contribution in [1.29, 1.82) is 0 Å². The van der Waals surface area contributed by atoms with Crippen LogP contribution in [0.5, 0.6) is 11.5 Å². The van der Waals surface area contributed by atoms with E-state index in [2.05, 4.69) is 5.32 Å². The first-order valence-corrected chi connectivity index (χ1v) is 24.7. The molecule has 0 fully saturated rings. The van der Waals surface area contributed by atoms with E-state index in [4.69, 9.17) is 27.6 Å². The van der Waals surface area contributed by atoms with Gasteiger partial charge in [0.05, 0.1) is 32.8 Å². The second-order valence-electron chi connectivity index (χ2n) is 15.4. The molecule has 0 aromatic heterocycles. The van der Waals surface area contributed by atoms with Crippen LogP contribution in [-0.2, 0) is 78.1 Å². The summed E-state index contributed by atoms with van der Waals surface area (Å²) in [6, 6.07) is 60.5. The lowest BCUT2D eigenvalue weighted by Gasteiger charge is -2.38. The quantitative estimate of drug-likeness (QED) is 0.0533. The number of amides is 1. The van der Waals surface area contributed by atoms with Gasteiger partial charge >= 0.3 is 15.2 Å². The van der Waals surface area contributed by atoms with Crippen molar-refractivity contribution in [1.82, 2.24) is 5.32 Å². The van der Waals surface area contributed by atoms with Gasteiger partial charge in [-0.3, -0.25) is 13.9 Å². The van der Waals surface area contributed by atoms with E-state index in [0.29, 0.717) is 53.4 Å². The maximum Gasteiger partial charge on any atom is 0.375 e. The van der Waals surface area contributed by atoms with Gasteiger partial charge in [-0.15, -0.1) is 0 Å². The lowest BCUT2D eigenvalue weighted by Crippen LogP contribution is -2.39. The van der Waals surface area contributed by atoms with Crippen LogP contribution < -0.4 is 14.8 Å². The Labute approximate surface area is 386 Å². The third-order valence-corrected chi connectivity index (χ3v) is 15.9. The molecule has 11 nitrogen and oxygen atoms in total. The van der Waals surface area contributed by atoms with E-state index >= 15 is 9.13 Å². The minimum absolute atomic E-state index is 0.0668. The van der Waals surface area contributed by atoms with Gasteiger partial charge in [0.2, 0.25) is 5.91 Å². The van der Waals surface area contributed by atoms with Crippen LogP contribution in [0.2, 0.25) is 0 Å². The molecule has 0 bridgehead atoms. The Kier molecular flexibility index (Phi) is 17.3. The summed E-state index contributed by atoms with van der Waals surface area (Å²) >= 11 is 0. The Balaban J connectivity index is 1.17. The van der Waals surface area contributed by atoms with Crippen molar-refractivity contribution < 1.29 is 46.6 Å². The van der Waals surface area contributed by atoms with E-state index in [9.17, 15) is 9.90 Å². The van der Waals surface area contributed by atoms with Gasteiger partial charge < -0.3 is 38.0 Å². The van der Waals surface area contributed by atoms with Crippen LogP contribution in [0.4, 0.5) is 0 Å². The molecule has 0 radical (unpaired) electrons. The summed E-state index contributed by atoms with van der Waals surface area (Å²) in [5.74, 6) is 0.267. The summed E-state index contributed by atoms with van der Waals surface area (Å²) in [7, 11) is -10.2. The summed E-state index contributed by atoms with van der Waals surface area (Å²) in [4.78, 5) is 14.3. The molecule has 7 aromatic rings. The van der Waals surface area contributed by atoms with E-state index in [1.165, 1.54) is 0 Å². The van der Waals surface area contributed by atoms with Crippen LogP contribution in [-0.4, -0.2) is 22.6 Å². The Hall–Kier alpha value is -6.13. The van der Waals surface area contributed by atoms with Gasteiger partial charge in [0, 0.05) is 6.54 Å². The van der Waals surface area contributed by atoms with Crippen molar-refractivity contribution in [2.45, 2.75) is 57.6 Å².